The second kappa shape index (κ2) is 5.56. The molecule has 0 saturated heterocycles. The molecule has 2 rings (SSSR count). The molecule has 0 aliphatic carbocycles. The molecule has 0 atom stereocenters. The highest BCUT2D eigenvalue weighted by Gasteiger charge is 2.07. The standard InChI is InChI=1S/C12H15N3O2/c1-16-6-5-9-3-2-4-10(7-9)12-14-11(8-13)17-15-12/h2-4,7H,5-6,8,13H2,1H3. The average molecular weight is 233 g/mol. The maximum Gasteiger partial charge on any atom is 0.240 e. The summed E-state index contributed by atoms with van der Waals surface area (Å²) < 4.78 is 10.0. The van der Waals surface area contributed by atoms with E-state index < -0.39 is 0 Å². The molecule has 1 aromatic heterocycles. The molecular formula is C12H15N3O2. The smallest absolute Gasteiger partial charge is 0.240 e. The van der Waals surface area contributed by atoms with Crippen LogP contribution in [-0.4, -0.2) is 23.9 Å². The first kappa shape index (κ1) is 11.8. The van der Waals surface area contributed by atoms with Crippen molar-refractivity contribution >= 4 is 0 Å². The van der Waals surface area contributed by atoms with E-state index in [-0.39, 0.29) is 6.54 Å². The predicted octanol–water partition coefficient (Wildman–Crippen LogP) is 1.38. The number of benzene rings is 1. The zero-order valence-electron chi connectivity index (χ0n) is 9.72. The van der Waals surface area contributed by atoms with Crippen molar-refractivity contribution in [1.82, 2.24) is 10.1 Å². The molecule has 2 N–H and O–H groups in total. The molecule has 0 saturated carbocycles. The van der Waals surface area contributed by atoms with Gasteiger partial charge in [-0.1, -0.05) is 23.4 Å². The normalized spacial score (nSPS) is 10.7. The maximum absolute atomic E-state index is 5.42. The van der Waals surface area contributed by atoms with E-state index in [0.717, 1.165) is 12.0 Å². The molecule has 0 bridgehead atoms. The third kappa shape index (κ3) is 2.89. The van der Waals surface area contributed by atoms with E-state index in [4.69, 9.17) is 15.0 Å². The minimum absolute atomic E-state index is 0.260. The van der Waals surface area contributed by atoms with Crippen LogP contribution in [0.25, 0.3) is 11.4 Å². The second-order valence-corrected chi connectivity index (χ2v) is 3.66. The lowest BCUT2D eigenvalue weighted by Gasteiger charge is -2.01. The highest BCUT2D eigenvalue weighted by Crippen LogP contribution is 2.17. The van der Waals surface area contributed by atoms with Crippen LogP contribution in [0.1, 0.15) is 11.5 Å². The van der Waals surface area contributed by atoms with Gasteiger partial charge in [-0.2, -0.15) is 4.98 Å². The van der Waals surface area contributed by atoms with E-state index in [9.17, 15) is 0 Å². The Bertz CT molecular complexity index is 482. The summed E-state index contributed by atoms with van der Waals surface area (Å²) in [4.78, 5) is 4.19. The summed E-state index contributed by atoms with van der Waals surface area (Å²) in [6, 6.07) is 8.00. The fraction of sp³-hybridized carbons (Fsp3) is 0.333. The van der Waals surface area contributed by atoms with E-state index in [1.807, 2.05) is 24.3 Å². The summed E-state index contributed by atoms with van der Waals surface area (Å²) in [5, 5.41) is 3.88. The van der Waals surface area contributed by atoms with Gasteiger partial charge in [0, 0.05) is 12.7 Å². The Kier molecular flexibility index (Phi) is 3.85. The summed E-state index contributed by atoms with van der Waals surface area (Å²) in [6.07, 6.45) is 0.867. The van der Waals surface area contributed by atoms with Crippen molar-refractivity contribution in [2.45, 2.75) is 13.0 Å². The Morgan fingerprint density at radius 3 is 3.00 bits per heavy atom. The fourth-order valence-electron chi connectivity index (χ4n) is 1.54. The molecule has 17 heavy (non-hydrogen) atoms. The quantitative estimate of drug-likeness (QED) is 0.844. The van der Waals surface area contributed by atoms with Crippen LogP contribution in [0.15, 0.2) is 28.8 Å². The predicted molar refractivity (Wildman–Crippen MR) is 63.2 cm³/mol. The van der Waals surface area contributed by atoms with E-state index in [2.05, 4.69) is 10.1 Å². The molecule has 1 heterocycles. The molecule has 2 aromatic rings. The molecule has 5 heteroatoms. The van der Waals surface area contributed by atoms with E-state index in [1.54, 1.807) is 7.11 Å². The Morgan fingerprint density at radius 1 is 1.41 bits per heavy atom. The van der Waals surface area contributed by atoms with E-state index >= 15 is 0 Å². The summed E-state index contributed by atoms with van der Waals surface area (Å²) in [7, 11) is 1.69. The third-order valence-electron chi connectivity index (χ3n) is 2.42. The molecule has 5 nitrogen and oxygen atoms in total. The molecule has 0 spiro atoms. The minimum Gasteiger partial charge on any atom is -0.384 e. The van der Waals surface area contributed by atoms with Crippen LogP contribution < -0.4 is 5.73 Å². The van der Waals surface area contributed by atoms with Gasteiger partial charge in [-0.3, -0.25) is 0 Å². The monoisotopic (exact) mass is 233 g/mol. The zero-order valence-corrected chi connectivity index (χ0v) is 9.72. The number of aromatic nitrogens is 2. The number of ether oxygens (including phenoxy) is 1. The van der Waals surface area contributed by atoms with Gasteiger partial charge in [0.05, 0.1) is 13.2 Å². The lowest BCUT2D eigenvalue weighted by atomic mass is 10.1. The molecule has 0 fully saturated rings. The number of hydrogen-bond donors (Lipinski definition) is 1. The van der Waals surface area contributed by atoms with Crippen molar-refractivity contribution in [3.8, 4) is 11.4 Å². The first-order chi connectivity index (χ1) is 8.33. The molecule has 0 aliphatic rings. The summed E-state index contributed by atoms with van der Waals surface area (Å²) in [5.74, 6) is 1.02. The van der Waals surface area contributed by atoms with E-state index in [0.29, 0.717) is 18.3 Å². The molecule has 90 valence electrons. The first-order valence-corrected chi connectivity index (χ1v) is 5.44. The van der Waals surface area contributed by atoms with Crippen molar-refractivity contribution in [2.75, 3.05) is 13.7 Å². The SMILES string of the molecule is COCCc1cccc(-c2noc(CN)n2)c1. The largest absolute Gasteiger partial charge is 0.384 e. The van der Waals surface area contributed by atoms with Crippen molar-refractivity contribution < 1.29 is 9.26 Å². The Hall–Kier alpha value is -1.72. The molecule has 0 amide bonds. The lowest BCUT2D eigenvalue weighted by molar-refractivity contribution is 0.202. The topological polar surface area (TPSA) is 74.2 Å². The molecule has 0 radical (unpaired) electrons. The van der Waals surface area contributed by atoms with Crippen molar-refractivity contribution in [1.29, 1.82) is 0 Å². The van der Waals surface area contributed by atoms with Crippen LogP contribution >= 0.6 is 0 Å². The van der Waals surface area contributed by atoms with Crippen molar-refractivity contribution in [3.63, 3.8) is 0 Å². The van der Waals surface area contributed by atoms with Gasteiger partial charge in [-0.25, -0.2) is 0 Å². The van der Waals surface area contributed by atoms with Crippen LogP contribution in [0.2, 0.25) is 0 Å². The van der Waals surface area contributed by atoms with Gasteiger partial charge in [-0.05, 0) is 18.1 Å². The molecule has 0 unspecified atom stereocenters. The van der Waals surface area contributed by atoms with E-state index in [1.165, 1.54) is 5.56 Å². The minimum atomic E-state index is 0.260. The van der Waals surface area contributed by atoms with Crippen molar-refractivity contribution in [3.05, 3.63) is 35.7 Å². The van der Waals surface area contributed by atoms with Gasteiger partial charge < -0.3 is 15.0 Å². The van der Waals surface area contributed by atoms with Crippen molar-refractivity contribution in [2.24, 2.45) is 5.73 Å². The number of nitrogens with two attached hydrogens (primary N) is 1. The van der Waals surface area contributed by atoms with Gasteiger partial charge in [0.15, 0.2) is 0 Å². The Labute approximate surface area is 99.6 Å². The van der Waals surface area contributed by atoms with Crippen LogP contribution in [0.4, 0.5) is 0 Å². The highest BCUT2D eigenvalue weighted by atomic mass is 16.5. The van der Waals surface area contributed by atoms with Gasteiger partial charge in [0.1, 0.15) is 0 Å². The lowest BCUT2D eigenvalue weighted by Crippen LogP contribution is -1.96. The van der Waals surface area contributed by atoms with Gasteiger partial charge in [0.25, 0.3) is 0 Å². The number of nitrogens with zero attached hydrogens (tertiary/aromatic N) is 2. The Morgan fingerprint density at radius 2 is 2.29 bits per heavy atom. The van der Waals surface area contributed by atoms with Gasteiger partial charge in [0.2, 0.25) is 11.7 Å². The van der Waals surface area contributed by atoms with Crippen LogP contribution in [0.3, 0.4) is 0 Å². The maximum atomic E-state index is 5.42. The second-order valence-electron chi connectivity index (χ2n) is 3.66. The third-order valence-corrected chi connectivity index (χ3v) is 2.42. The number of rotatable bonds is 5. The average Bonchev–Trinajstić information content (AvgIpc) is 2.85. The van der Waals surface area contributed by atoms with Crippen LogP contribution in [0, 0.1) is 0 Å². The number of hydrogen-bond acceptors (Lipinski definition) is 5. The summed E-state index contributed by atoms with van der Waals surface area (Å²) >= 11 is 0. The zero-order chi connectivity index (χ0) is 12.1. The Balaban J connectivity index is 2.20. The van der Waals surface area contributed by atoms with Gasteiger partial charge >= 0.3 is 0 Å². The number of methoxy groups -OCH3 is 1. The van der Waals surface area contributed by atoms with Crippen LogP contribution in [0.5, 0.6) is 0 Å². The molecular weight excluding hydrogens is 218 g/mol. The van der Waals surface area contributed by atoms with Crippen LogP contribution in [-0.2, 0) is 17.7 Å². The summed E-state index contributed by atoms with van der Waals surface area (Å²) in [6.45, 7) is 0.958. The highest BCUT2D eigenvalue weighted by molar-refractivity contribution is 5.55. The fourth-order valence-corrected chi connectivity index (χ4v) is 1.54. The first-order valence-electron chi connectivity index (χ1n) is 5.44. The summed E-state index contributed by atoms with van der Waals surface area (Å²) in [5.41, 5.74) is 7.54. The van der Waals surface area contributed by atoms with Gasteiger partial charge in [-0.15, -0.1) is 0 Å². The molecule has 1 aromatic carbocycles. The molecule has 0 aliphatic heterocycles.